The lowest BCUT2D eigenvalue weighted by Gasteiger charge is -2.39. The minimum atomic E-state index is -0.878. The fourth-order valence-electron chi connectivity index (χ4n) is 5.35. The van der Waals surface area contributed by atoms with Crippen molar-refractivity contribution >= 4 is 17.5 Å². The van der Waals surface area contributed by atoms with Gasteiger partial charge in [0.15, 0.2) is 0 Å². The van der Waals surface area contributed by atoms with E-state index in [1.54, 1.807) is 36.4 Å². The van der Waals surface area contributed by atoms with E-state index < -0.39 is 6.04 Å². The highest BCUT2D eigenvalue weighted by molar-refractivity contribution is 5.97. The molecule has 2 saturated heterocycles. The Hall–Kier alpha value is -3.83. The lowest BCUT2D eigenvalue weighted by atomic mass is 10.0. The van der Waals surface area contributed by atoms with E-state index in [0.717, 1.165) is 57.8 Å². The van der Waals surface area contributed by atoms with Crippen LogP contribution in [0.4, 0.5) is 10.1 Å². The van der Waals surface area contributed by atoms with E-state index in [2.05, 4.69) is 20.4 Å². The summed E-state index contributed by atoms with van der Waals surface area (Å²) in [5.74, 6) is 0.115. The van der Waals surface area contributed by atoms with E-state index in [1.165, 1.54) is 12.1 Å². The Morgan fingerprint density at radius 2 is 1.53 bits per heavy atom. The second-order valence-electron chi connectivity index (χ2n) is 10.8. The normalized spacial score (nSPS) is 17.2. The predicted octanol–water partition coefficient (Wildman–Crippen LogP) is 4.05. The number of rotatable bonds is 12. The van der Waals surface area contributed by atoms with Crippen LogP contribution < -0.4 is 15.4 Å². The van der Waals surface area contributed by atoms with Gasteiger partial charge in [-0.05, 0) is 66.9 Å². The van der Waals surface area contributed by atoms with Crippen molar-refractivity contribution in [3.8, 4) is 11.5 Å². The highest BCUT2D eigenvalue weighted by Crippen LogP contribution is 2.23. The third-order valence-corrected chi connectivity index (χ3v) is 7.71. The van der Waals surface area contributed by atoms with Crippen LogP contribution in [-0.4, -0.2) is 86.2 Å². The van der Waals surface area contributed by atoms with Crippen molar-refractivity contribution in [1.82, 2.24) is 15.1 Å². The van der Waals surface area contributed by atoms with Gasteiger partial charge >= 0.3 is 0 Å². The molecule has 43 heavy (non-hydrogen) atoms. The van der Waals surface area contributed by atoms with E-state index in [4.69, 9.17) is 14.2 Å². The number of nitrogens with zero attached hydrogens (tertiary/aromatic N) is 2. The van der Waals surface area contributed by atoms with Gasteiger partial charge in [0.2, 0.25) is 11.8 Å². The summed E-state index contributed by atoms with van der Waals surface area (Å²) >= 11 is 0. The van der Waals surface area contributed by atoms with Crippen LogP contribution in [0.15, 0.2) is 78.9 Å². The standard InChI is InChI=1S/C33H39FN4O5/c34-26-6-10-29(11-7-26)43-30-12-8-27(9-13-30)35-33(40)31(24-42-23-25-4-2-1-3-5-25)36-32(39)22-37-16-14-28(15-17-37)38-18-20-41-21-19-38/h1-13,28,31H,14-24H2,(H,35,40)(H,36,39). The summed E-state index contributed by atoms with van der Waals surface area (Å²) in [6.07, 6.45) is 2.02. The van der Waals surface area contributed by atoms with Crippen LogP contribution in [0.3, 0.4) is 0 Å². The Morgan fingerprint density at radius 3 is 2.21 bits per heavy atom. The summed E-state index contributed by atoms with van der Waals surface area (Å²) in [6.45, 7) is 5.75. The maximum Gasteiger partial charge on any atom is 0.249 e. The van der Waals surface area contributed by atoms with Crippen LogP contribution >= 0.6 is 0 Å². The quantitative estimate of drug-likeness (QED) is 0.329. The molecule has 5 rings (SSSR count). The number of hydrogen-bond donors (Lipinski definition) is 2. The first-order valence-corrected chi connectivity index (χ1v) is 14.8. The fraction of sp³-hybridized carbons (Fsp3) is 0.394. The number of nitrogens with one attached hydrogen (secondary N) is 2. The molecule has 0 saturated carbocycles. The number of piperidine rings is 1. The second kappa shape index (κ2) is 15.6. The summed E-state index contributed by atoms with van der Waals surface area (Å²) in [5, 5.41) is 5.77. The molecule has 2 aliphatic rings. The molecular formula is C33H39FN4O5. The van der Waals surface area contributed by atoms with Gasteiger partial charge in [0.05, 0.1) is 33.0 Å². The second-order valence-corrected chi connectivity index (χ2v) is 10.8. The van der Waals surface area contributed by atoms with Crippen molar-refractivity contribution in [1.29, 1.82) is 0 Å². The number of benzene rings is 3. The molecule has 3 aromatic carbocycles. The van der Waals surface area contributed by atoms with Crippen molar-refractivity contribution < 1.29 is 28.2 Å². The molecule has 228 valence electrons. The average Bonchev–Trinajstić information content (AvgIpc) is 3.04. The zero-order valence-electron chi connectivity index (χ0n) is 24.3. The predicted molar refractivity (Wildman–Crippen MR) is 161 cm³/mol. The van der Waals surface area contributed by atoms with Crippen LogP contribution in [0.1, 0.15) is 18.4 Å². The fourth-order valence-corrected chi connectivity index (χ4v) is 5.35. The minimum Gasteiger partial charge on any atom is -0.457 e. The van der Waals surface area contributed by atoms with Crippen LogP contribution in [0, 0.1) is 5.82 Å². The number of carbonyl (C=O) groups excluding carboxylic acids is 2. The third-order valence-electron chi connectivity index (χ3n) is 7.71. The monoisotopic (exact) mass is 590 g/mol. The largest absolute Gasteiger partial charge is 0.457 e. The molecule has 0 radical (unpaired) electrons. The Morgan fingerprint density at radius 1 is 0.884 bits per heavy atom. The number of ether oxygens (including phenoxy) is 3. The van der Waals surface area contributed by atoms with Gasteiger partial charge in [-0.2, -0.15) is 0 Å². The molecule has 0 aliphatic carbocycles. The van der Waals surface area contributed by atoms with Gasteiger partial charge < -0.3 is 24.8 Å². The first kappa shape index (κ1) is 30.6. The number of anilines is 1. The van der Waals surface area contributed by atoms with E-state index in [9.17, 15) is 14.0 Å². The van der Waals surface area contributed by atoms with Crippen LogP contribution in [-0.2, 0) is 25.7 Å². The highest BCUT2D eigenvalue weighted by Gasteiger charge is 2.28. The van der Waals surface area contributed by atoms with Gasteiger partial charge in [0.25, 0.3) is 0 Å². The van der Waals surface area contributed by atoms with E-state index in [-0.39, 0.29) is 30.8 Å². The Balaban J connectivity index is 1.14. The molecule has 2 N–H and O–H groups in total. The highest BCUT2D eigenvalue weighted by atomic mass is 19.1. The first-order chi connectivity index (χ1) is 21.0. The smallest absolute Gasteiger partial charge is 0.249 e. The lowest BCUT2D eigenvalue weighted by molar-refractivity contribution is -0.129. The van der Waals surface area contributed by atoms with Crippen molar-refractivity contribution in [2.24, 2.45) is 0 Å². The van der Waals surface area contributed by atoms with Gasteiger partial charge in [-0.1, -0.05) is 30.3 Å². The van der Waals surface area contributed by atoms with E-state index >= 15 is 0 Å². The Labute approximate surface area is 251 Å². The summed E-state index contributed by atoms with van der Waals surface area (Å²) in [5.41, 5.74) is 1.52. The van der Waals surface area contributed by atoms with Gasteiger partial charge in [0.1, 0.15) is 23.4 Å². The average molecular weight is 591 g/mol. The van der Waals surface area contributed by atoms with Gasteiger partial charge in [-0.3, -0.25) is 19.4 Å². The molecule has 2 fully saturated rings. The number of halogens is 1. The molecular weight excluding hydrogens is 551 g/mol. The SMILES string of the molecule is O=C(CN1CCC(N2CCOCC2)CC1)NC(COCc1ccccc1)C(=O)Nc1ccc(Oc2ccc(F)cc2)cc1. The molecule has 1 atom stereocenters. The maximum atomic E-state index is 13.3. The molecule has 9 nitrogen and oxygen atoms in total. The van der Waals surface area contributed by atoms with Crippen molar-refractivity contribution in [2.45, 2.75) is 31.5 Å². The van der Waals surface area contributed by atoms with Crippen molar-refractivity contribution in [3.05, 3.63) is 90.2 Å². The van der Waals surface area contributed by atoms with E-state index in [1.807, 2.05) is 30.3 Å². The van der Waals surface area contributed by atoms with Crippen LogP contribution in [0.25, 0.3) is 0 Å². The number of morpholine rings is 1. The van der Waals surface area contributed by atoms with Gasteiger partial charge in [0, 0.05) is 37.9 Å². The van der Waals surface area contributed by atoms with Crippen LogP contribution in [0.2, 0.25) is 0 Å². The molecule has 0 bridgehead atoms. The van der Waals surface area contributed by atoms with E-state index in [0.29, 0.717) is 29.8 Å². The molecule has 10 heteroatoms. The Kier molecular flexibility index (Phi) is 11.1. The minimum absolute atomic E-state index is 0.0251. The summed E-state index contributed by atoms with van der Waals surface area (Å²) < 4.78 is 30.2. The third kappa shape index (κ3) is 9.59. The lowest BCUT2D eigenvalue weighted by Crippen LogP contribution is -2.52. The van der Waals surface area contributed by atoms with Gasteiger partial charge in [-0.15, -0.1) is 0 Å². The summed E-state index contributed by atoms with van der Waals surface area (Å²) in [7, 11) is 0. The van der Waals surface area contributed by atoms with Crippen molar-refractivity contribution in [2.75, 3.05) is 57.9 Å². The molecule has 2 heterocycles. The molecule has 1 unspecified atom stereocenters. The first-order valence-electron chi connectivity index (χ1n) is 14.8. The topological polar surface area (TPSA) is 92.4 Å². The molecule has 0 spiro atoms. The molecule has 2 aliphatic heterocycles. The van der Waals surface area contributed by atoms with Crippen LogP contribution in [0.5, 0.6) is 11.5 Å². The zero-order chi connectivity index (χ0) is 29.9. The molecule has 3 aromatic rings. The van der Waals surface area contributed by atoms with Gasteiger partial charge in [-0.25, -0.2) is 4.39 Å². The summed E-state index contributed by atoms with van der Waals surface area (Å²) in [4.78, 5) is 31.0. The molecule has 0 aromatic heterocycles. The number of amides is 2. The summed E-state index contributed by atoms with van der Waals surface area (Å²) in [6, 6.07) is 21.9. The number of carbonyl (C=O) groups is 2. The molecule has 2 amide bonds. The number of likely N-dealkylation sites (tertiary alicyclic amines) is 1. The Bertz CT molecular complexity index is 1300. The zero-order valence-corrected chi connectivity index (χ0v) is 24.3. The number of hydrogen-bond acceptors (Lipinski definition) is 7. The maximum absolute atomic E-state index is 13.3. The van der Waals surface area contributed by atoms with Crippen molar-refractivity contribution in [3.63, 3.8) is 0 Å².